The molecule has 0 aliphatic heterocycles. The molecule has 82 valence electrons. The molecule has 16 heavy (non-hydrogen) atoms. The Hall–Kier alpha value is -0.940. The van der Waals surface area contributed by atoms with E-state index in [-0.39, 0.29) is 0 Å². The van der Waals surface area contributed by atoms with Crippen LogP contribution in [0.5, 0.6) is 0 Å². The lowest BCUT2D eigenvalue weighted by Crippen LogP contribution is -2.00. The van der Waals surface area contributed by atoms with Gasteiger partial charge < -0.3 is 5.11 Å². The molecule has 2 rings (SSSR count). The number of pyridine rings is 1. The Labute approximate surface area is 108 Å². The van der Waals surface area contributed by atoms with Crippen LogP contribution in [0, 0.1) is 10.5 Å². The molecule has 2 nitrogen and oxygen atoms in total. The van der Waals surface area contributed by atoms with Crippen molar-refractivity contribution >= 4 is 22.6 Å². The second kappa shape index (κ2) is 4.93. The van der Waals surface area contributed by atoms with Crippen molar-refractivity contribution in [2.75, 3.05) is 0 Å². The summed E-state index contributed by atoms with van der Waals surface area (Å²) in [4.78, 5) is 4.09. The van der Waals surface area contributed by atoms with E-state index in [9.17, 15) is 5.11 Å². The highest BCUT2D eigenvalue weighted by atomic mass is 127. The van der Waals surface area contributed by atoms with Crippen LogP contribution in [0.4, 0.5) is 0 Å². The van der Waals surface area contributed by atoms with Crippen LogP contribution in [0.2, 0.25) is 0 Å². The number of aromatic nitrogens is 1. The molecule has 1 unspecified atom stereocenters. The fourth-order valence-corrected chi connectivity index (χ4v) is 1.92. The van der Waals surface area contributed by atoms with Crippen LogP contribution in [0.1, 0.15) is 22.8 Å². The van der Waals surface area contributed by atoms with Gasteiger partial charge in [-0.2, -0.15) is 0 Å². The van der Waals surface area contributed by atoms with Gasteiger partial charge in [-0.25, -0.2) is 0 Å². The van der Waals surface area contributed by atoms with Crippen molar-refractivity contribution in [2.45, 2.75) is 13.0 Å². The number of halogens is 1. The molecule has 1 aromatic carbocycles. The van der Waals surface area contributed by atoms with Gasteiger partial charge in [0.15, 0.2) is 0 Å². The first-order valence-electron chi connectivity index (χ1n) is 5.02. The van der Waals surface area contributed by atoms with E-state index >= 15 is 0 Å². The summed E-state index contributed by atoms with van der Waals surface area (Å²) in [6, 6.07) is 9.81. The van der Waals surface area contributed by atoms with Crippen molar-refractivity contribution in [3.8, 4) is 0 Å². The summed E-state index contributed by atoms with van der Waals surface area (Å²) in [5.74, 6) is 0. The van der Waals surface area contributed by atoms with E-state index in [1.165, 1.54) is 0 Å². The minimum absolute atomic E-state index is 0.593. The van der Waals surface area contributed by atoms with Crippen molar-refractivity contribution in [1.29, 1.82) is 0 Å². The van der Waals surface area contributed by atoms with Gasteiger partial charge in [-0.15, -0.1) is 0 Å². The Morgan fingerprint density at radius 3 is 2.44 bits per heavy atom. The van der Waals surface area contributed by atoms with Crippen LogP contribution in [-0.2, 0) is 0 Å². The third-order valence-corrected chi connectivity index (χ3v) is 3.12. The van der Waals surface area contributed by atoms with Crippen molar-refractivity contribution < 1.29 is 5.11 Å². The normalized spacial score (nSPS) is 12.4. The van der Waals surface area contributed by atoms with Crippen LogP contribution in [0.15, 0.2) is 42.7 Å². The summed E-state index contributed by atoms with van der Waals surface area (Å²) < 4.78 is 1.16. The molecule has 0 aliphatic rings. The third kappa shape index (κ3) is 2.59. The predicted octanol–water partition coefficient (Wildman–Crippen LogP) is 3.08. The van der Waals surface area contributed by atoms with E-state index in [4.69, 9.17) is 0 Å². The van der Waals surface area contributed by atoms with Crippen LogP contribution in [0.3, 0.4) is 0 Å². The Bertz CT molecular complexity index is 482. The van der Waals surface area contributed by atoms with E-state index < -0.39 is 6.10 Å². The number of hydrogen-bond acceptors (Lipinski definition) is 2. The zero-order valence-corrected chi connectivity index (χ0v) is 11.0. The first-order valence-corrected chi connectivity index (χ1v) is 6.10. The monoisotopic (exact) mass is 325 g/mol. The number of hydrogen-bond donors (Lipinski definition) is 1. The lowest BCUT2D eigenvalue weighted by Gasteiger charge is -2.11. The predicted molar refractivity (Wildman–Crippen MR) is 72.2 cm³/mol. The molecule has 0 bridgehead atoms. The average Bonchev–Trinajstić information content (AvgIpc) is 2.29. The molecule has 0 aliphatic carbocycles. The minimum atomic E-state index is -0.593. The van der Waals surface area contributed by atoms with Gasteiger partial charge in [0.1, 0.15) is 6.10 Å². The molecule has 1 aromatic heterocycles. The molecule has 0 saturated carbocycles. The second-order valence-corrected chi connectivity index (χ2v) is 5.00. The molecule has 0 amide bonds. The maximum atomic E-state index is 10.2. The Morgan fingerprint density at radius 2 is 1.81 bits per heavy atom. The van der Waals surface area contributed by atoms with Gasteiger partial charge in [0, 0.05) is 21.5 Å². The first-order chi connectivity index (χ1) is 7.66. The lowest BCUT2D eigenvalue weighted by atomic mass is 10.0. The van der Waals surface area contributed by atoms with Gasteiger partial charge in [-0.1, -0.05) is 18.2 Å². The molecule has 0 spiro atoms. The highest BCUT2D eigenvalue weighted by molar-refractivity contribution is 14.1. The van der Waals surface area contributed by atoms with Crippen LogP contribution in [0.25, 0.3) is 0 Å². The van der Waals surface area contributed by atoms with Crippen LogP contribution in [-0.4, -0.2) is 10.1 Å². The number of aliphatic hydroxyl groups is 1. The van der Waals surface area contributed by atoms with E-state index in [2.05, 4.69) is 27.6 Å². The van der Waals surface area contributed by atoms with Crippen molar-refractivity contribution in [3.05, 3.63) is 63.0 Å². The zero-order valence-electron chi connectivity index (χ0n) is 8.89. The van der Waals surface area contributed by atoms with Gasteiger partial charge >= 0.3 is 0 Å². The number of aliphatic hydroxyl groups excluding tert-OH is 1. The SMILES string of the molecule is Cc1cncc(C(O)c2ccc(I)cc2)c1. The lowest BCUT2D eigenvalue weighted by molar-refractivity contribution is 0.220. The summed E-state index contributed by atoms with van der Waals surface area (Å²) in [5.41, 5.74) is 2.79. The molecular weight excluding hydrogens is 313 g/mol. The quantitative estimate of drug-likeness (QED) is 0.861. The Morgan fingerprint density at radius 1 is 1.12 bits per heavy atom. The number of nitrogens with zero attached hydrogens (tertiary/aromatic N) is 1. The van der Waals surface area contributed by atoms with Crippen molar-refractivity contribution in [1.82, 2.24) is 4.98 Å². The van der Waals surface area contributed by atoms with E-state index in [1.807, 2.05) is 37.3 Å². The molecule has 1 atom stereocenters. The van der Waals surface area contributed by atoms with E-state index in [0.717, 1.165) is 20.3 Å². The van der Waals surface area contributed by atoms with Crippen LogP contribution < -0.4 is 0 Å². The molecular formula is C13H12INO. The largest absolute Gasteiger partial charge is 0.384 e. The summed E-state index contributed by atoms with van der Waals surface area (Å²) in [6.07, 6.45) is 2.89. The van der Waals surface area contributed by atoms with E-state index in [0.29, 0.717) is 0 Å². The highest BCUT2D eigenvalue weighted by Gasteiger charge is 2.10. The topological polar surface area (TPSA) is 33.1 Å². The zero-order chi connectivity index (χ0) is 11.5. The van der Waals surface area contributed by atoms with Gasteiger partial charge in [0.2, 0.25) is 0 Å². The molecule has 1 heterocycles. The Kier molecular flexibility index (Phi) is 3.56. The fourth-order valence-electron chi connectivity index (χ4n) is 1.57. The van der Waals surface area contributed by atoms with Crippen LogP contribution >= 0.6 is 22.6 Å². The maximum Gasteiger partial charge on any atom is 0.106 e. The van der Waals surface area contributed by atoms with Gasteiger partial charge in [0.25, 0.3) is 0 Å². The molecule has 2 aromatic rings. The summed E-state index contributed by atoms with van der Waals surface area (Å²) in [7, 11) is 0. The highest BCUT2D eigenvalue weighted by Crippen LogP contribution is 2.22. The molecule has 0 radical (unpaired) electrons. The smallest absolute Gasteiger partial charge is 0.106 e. The van der Waals surface area contributed by atoms with Gasteiger partial charge in [0.05, 0.1) is 0 Å². The standard InChI is InChI=1S/C13H12INO/c1-9-6-11(8-15-7-9)13(16)10-2-4-12(14)5-3-10/h2-8,13,16H,1H3. The number of aryl methyl sites for hydroxylation is 1. The van der Waals surface area contributed by atoms with E-state index in [1.54, 1.807) is 12.4 Å². The summed E-state index contributed by atoms with van der Waals surface area (Å²) >= 11 is 2.25. The maximum absolute atomic E-state index is 10.2. The fraction of sp³-hybridized carbons (Fsp3) is 0.154. The van der Waals surface area contributed by atoms with Crippen molar-refractivity contribution in [3.63, 3.8) is 0 Å². The number of benzene rings is 1. The van der Waals surface area contributed by atoms with Gasteiger partial charge in [-0.05, 0) is 52.8 Å². The average molecular weight is 325 g/mol. The summed E-state index contributed by atoms with van der Waals surface area (Å²) in [6.45, 7) is 1.97. The van der Waals surface area contributed by atoms with Gasteiger partial charge in [-0.3, -0.25) is 4.98 Å². The number of rotatable bonds is 2. The minimum Gasteiger partial charge on any atom is -0.384 e. The Balaban J connectivity index is 2.31. The molecule has 0 fully saturated rings. The second-order valence-electron chi connectivity index (χ2n) is 3.75. The summed E-state index contributed by atoms with van der Waals surface area (Å²) in [5, 5.41) is 10.2. The first kappa shape index (κ1) is 11.5. The van der Waals surface area contributed by atoms with Crippen molar-refractivity contribution in [2.24, 2.45) is 0 Å². The molecule has 0 saturated heterocycles. The molecule has 1 N–H and O–H groups in total. The third-order valence-electron chi connectivity index (χ3n) is 2.40. The molecule has 3 heteroatoms.